The molecule has 1 unspecified atom stereocenters. The van der Waals surface area contributed by atoms with E-state index in [1.54, 1.807) is 0 Å². The quantitative estimate of drug-likeness (QED) is 0.737. The van der Waals surface area contributed by atoms with E-state index in [9.17, 15) is 0 Å². The second kappa shape index (κ2) is 5.42. The molecular formula is C13H17BrClN. The molecule has 1 atom stereocenters. The first-order valence-electron chi connectivity index (χ1n) is 5.87. The van der Waals surface area contributed by atoms with Crippen molar-refractivity contribution in [3.05, 3.63) is 28.8 Å². The molecule has 0 radical (unpaired) electrons. The molecule has 0 bridgehead atoms. The van der Waals surface area contributed by atoms with Gasteiger partial charge < -0.3 is 4.90 Å². The lowest BCUT2D eigenvalue weighted by Crippen LogP contribution is -2.28. The van der Waals surface area contributed by atoms with Crippen molar-refractivity contribution in [2.24, 2.45) is 0 Å². The Labute approximate surface area is 111 Å². The van der Waals surface area contributed by atoms with Crippen LogP contribution in [0.4, 0.5) is 5.69 Å². The summed E-state index contributed by atoms with van der Waals surface area (Å²) in [5.41, 5.74) is 2.44. The van der Waals surface area contributed by atoms with Crippen molar-refractivity contribution < 1.29 is 0 Å². The van der Waals surface area contributed by atoms with Gasteiger partial charge in [0.1, 0.15) is 0 Å². The van der Waals surface area contributed by atoms with E-state index in [2.05, 4.69) is 46.0 Å². The maximum Gasteiger partial charge on any atom is 0.0467 e. The van der Waals surface area contributed by atoms with Crippen molar-refractivity contribution in [1.82, 2.24) is 0 Å². The largest absolute Gasteiger partial charge is 0.369 e. The number of hydrogen-bond acceptors (Lipinski definition) is 1. The third kappa shape index (κ3) is 2.38. The average Bonchev–Trinajstić information content (AvgIpc) is 2.77. The van der Waals surface area contributed by atoms with Crippen LogP contribution in [0.3, 0.4) is 0 Å². The molecule has 0 N–H and O–H groups in total. The highest BCUT2D eigenvalue weighted by Crippen LogP contribution is 2.31. The molecule has 1 aromatic carbocycles. The van der Waals surface area contributed by atoms with Crippen molar-refractivity contribution in [3.63, 3.8) is 0 Å². The zero-order chi connectivity index (χ0) is 11.5. The number of anilines is 1. The summed E-state index contributed by atoms with van der Waals surface area (Å²) in [6, 6.07) is 7.12. The van der Waals surface area contributed by atoms with Gasteiger partial charge in [-0.15, -0.1) is 0 Å². The molecule has 0 spiro atoms. The number of benzene rings is 1. The van der Waals surface area contributed by atoms with Crippen LogP contribution in [-0.2, 0) is 5.33 Å². The SMILES string of the molecule is CCC1CCCN1c1ccc(CBr)c(Cl)c1. The van der Waals surface area contributed by atoms with Gasteiger partial charge in [0.25, 0.3) is 0 Å². The fourth-order valence-corrected chi connectivity index (χ4v) is 3.32. The summed E-state index contributed by atoms with van der Waals surface area (Å²) in [6.07, 6.45) is 3.84. The third-order valence-corrected chi connectivity index (χ3v) is 4.32. The minimum absolute atomic E-state index is 0.700. The summed E-state index contributed by atoms with van der Waals surface area (Å²) in [6.45, 7) is 3.43. The summed E-state index contributed by atoms with van der Waals surface area (Å²) in [7, 11) is 0. The van der Waals surface area contributed by atoms with Gasteiger partial charge in [0.05, 0.1) is 0 Å². The molecular weight excluding hydrogens is 286 g/mol. The number of rotatable bonds is 3. The fraction of sp³-hybridized carbons (Fsp3) is 0.538. The lowest BCUT2D eigenvalue weighted by molar-refractivity contribution is 0.645. The van der Waals surface area contributed by atoms with E-state index in [1.165, 1.54) is 31.5 Å². The number of alkyl halides is 1. The number of nitrogens with zero attached hydrogens (tertiary/aromatic N) is 1. The van der Waals surface area contributed by atoms with Crippen LogP contribution in [-0.4, -0.2) is 12.6 Å². The summed E-state index contributed by atoms with van der Waals surface area (Å²) < 4.78 is 0. The van der Waals surface area contributed by atoms with Gasteiger partial charge in [-0.05, 0) is 37.0 Å². The predicted octanol–water partition coefficient (Wildman–Crippen LogP) is 4.61. The first-order valence-corrected chi connectivity index (χ1v) is 7.37. The summed E-state index contributed by atoms with van der Waals surface area (Å²) in [5, 5.41) is 1.69. The first-order chi connectivity index (χ1) is 7.76. The molecule has 2 rings (SSSR count). The molecule has 88 valence electrons. The van der Waals surface area contributed by atoms with Crippen LogP contribution in [0.2, 0.25) is 5.02 Å². The molecule has 1 nitrogen and oxygen atoms in total. The van der Waals surface area contributed by atoms with Crippen LogP contribution in [0.1, 0.15) is 31.7 Å². The van der Waals surface area contributed by atoms with Gasteiger partial charge in [0.2, 0.25) is 0 Å². The van der Waals surface area contributed by atoms with Crippen LogP contribution < -0.4 is 4.90 Å². The van der Waals surface area contributed by atoms with E-state index in [-0.39, 0.29) is 0 Å². The molecule has 0 amide bonds. The van der Waals surface area contributed by atoms with Gasteiger partial charge in [-0.2, -0.15) is 0 Å². The zero-order valence-electron chi connectivity index (χ0n) is 9.55. The van der Waals surface area contributed by atoms with Gasteiger partial charge in [-0.3, -0.25) is 0 Å². The van der Waals surface area contributed by atoms with E-state index in [1.807, 2.05) is 0 Å². The topological polar surface area (TPSA) is 3.24 Å². The fourth-order valence-electron chi connectivity index (χ4n) is 2.42. The third-order valence-electron chi connectivity index (χ3n) is 3.36. The van der Waals surface area contributed by atoms with Gasteiger partial charge in [0.15, 0.2) is 0 Å². The molecule has 1 fully saturated rings. The van der Waals surface area contributed by atoms with Crippen molar-refractivity contribution in [2.45, 2.75) is 37.6 Å². The van der Waals surface area contributed by atoms with Crippen molar-refractivity contribution in [3.8, 4) is 0 Å². The van der Waals surface area contributed by atoms with E-state index in [0.29, 0.717) is 6.04 Å². The molecule has 3 heteroatoms. The van der Waals surface area contributed by atoms with Crippen molar-refractivity contribution in [2.75, 3.05) is 11.4 Å². The normalized spacial score (nSPS) is 20.4. The lowest BCUT2D eigenvalue weighted by Gasteiger charge is -2.26. The standard InChI is InChI=1S/C13H17BrClN/c1-2-11-4-3-7-16(11)12-6-5-10(9-14)13(15)8-12/h5-6,8,11H,2-4,7,9H2,1H3. The molecule has 0 aliphatic carbocycles. The Balaban J connectivity index is 2.23. The molecule has 1 aliphatic rings. The number of hydrogen-bond donors (Lipinski definition) is 0. The molecule has 16 heavy (non-hydrogen) atoms. The minimum atomic E-state index is 0.700. The molecule has 0 aromatic heterocycles. The second-order valence-corrected chi connectivity index (χ2v) is 5.27. The molecule has 1 aromatic rings. The van der Waals surface area contributed by atoms with Crippen LogP contribution in [0.5, 0.6) is 0 Å². The molecule has 1 heterocycles. The summed E-state index contributed by atoms with van der Waals surface area (Å²) in [5.74, 6) is 0. The lowest BCUT2D eigenvalue weighted by atomic mass is 10.1. The molecule has 1 aliphatic heterocycles. The van der Waals surface area contributed by atoms with E-state index in [0.717, 1.165) is 15.9 Å². The minimum Gasteiger partial charge on any atom is -0.369 e. The van der Waals surface area contributed by atoms with Crippen molar-refractivity contribution >= 4 is 33.2 Å². The Morgan fingerprint density at radius 2 is 2.31 bits per heavy atom. The van der Waals surface area contributed by atoms with Gasteiger partial charge >= 0.3 is 0 Å². The van der Waals surface area contributed by atoms with Crippen LogP contribution >= 0.6 is 27.5 Å². The predicted molar refractivity (Wildman–Crippen MR) is 74.7 cm³/mol. The Hall–Kier alpha value is -0.210. The Kier molecular flexibility index (Phi) is 4.15. The number of halogens is 2. The van der Waals surface area contributed by atoms with Gasteiger partial charge in [-0.25, -0.2) is 0 Å². The van der Waals surface area contributed by atoms with E-state index >= 15 is 0 Å². The van der Waals surface area contributed by atoms with Crippen LogP contribution in [0.15, 0.2) is 18.2 Å². The summed E-state index contributed by atoms with van der Waals surface area (Å²) >= 11 is 9.69. The maximum atomic E-state index is 6.24. The first kappa shape index (κ1) is 12.3. The highest BCUT2D eigenvalue weighted by atomic mass is 79.9. The van der Waals surface area contributed by atoms with E-state index < -0.39 is 0 Å². The van der Waals surface area contributed by atoms with Gasteiger partial charge in [0, 0.05) is 28.6 Å². The Bertz CT molecular complexity index is 367. The highest BCUT2D eigenvalue weighted by Gasteiger charge is 2.23. The highest BCUT2D eigenvalue weighted by molar-refractivity contribution is 9.08. The Morgan fingerprint density at radius 3 is 2.94 bits per heavy atom. The second-order valence-electron chi connectivity index (χ2n) is 4.31. The van der Waals surface area contributed by atoms with Crippen LogP contribution in [0, 0.1) is 0 Å². The zero-order valence-corrected chi connectivity index (χ0v) is 11.9. The van der Waals surface area contributed by atoms with E-state index in [4.69, 9.17) is 11.6 Å². The molecule has 0 saturated carbocycles. The molecule has 1 saturated heterocycles. The van der Waals surface area contributed by atoms with Crippen molar-refractivity contribution in [1.29, 1.82) is 0 Å². The maximum absolute atomic E-state index is 6.24. The Morgan fingerprint density at radius 1 is 1.50 bits per heavy atom. The smallest absolute Gasteiger partial charge is 0.0467 e. The monoisotopic (exact) mass is 301 g/mol. The van der Waals surface area contributed by atoms with Gasteiger partial charge in [-0.1, -0.05) is 40.5 Å². The summed E-state index contributed by atoms with van der Waals surface area (Å²) in [4.78, 5) is 2.49. The average molecular weight is 303 g/mol. The van der Waals surface area contributed by atoms with Crippen LogP contribution in [0.25, 0.3) is 0 Å².